The fraction of sp³-hybridized carbons (Fsp3) is 0.125. The molecule has 0 spiro atoms. The first-order valence-electron chi connectivity index (χ1n) is 6.62. The second-order valence-electron chi connectivity index (χ2n) is 4.95. The lowest BCUT2D eigenvalue weighted by Gasteiger charge is -2.12. The van der Waals surface area contributed by atoms with Crippen LogP contribution in [-0.2, 0) is 0 Å². The highest BCUT2D eigenvalue weighted by molar-refractivity contribution is 5.85. The molecule has 0 saturated carbocycles. The lowest BCUT2D eigenvalue weighted by molar-refractivity contribution is -0.481. The van der Waals surface area contributed by atoms with Gasteiger partial charge in [0.1, 0.15) is 5.75 Å². The number of nitrogens with zero attached hydrogens (tertiary/aromatic N) is 1. The van der Waals surface area contributed by atoms with Crippen LogP contribution in [0.15, 0.2) is 54.7 Å². The predicted octanol–water partition coefficient (Wildman–Crippen LogP) is 3.28. The molecule has 106 valence electrons. The number of rotatable bonds is 4. The zero-order valence-corrected chi connectivity index (χ0v) is 11.2. The van der Waals surface area contributed by atoms with Crippen LogP contribution in [0.3, 0.4) is 0 Å². The molecular formula is C16H14N2O3. The van der Waals surface area contributed by atoms with E-state index < -0.39 is 0 Å². The lowest BCUT2D eigenvalue weighted by Crippen LogP contribution is -2.13. The van der Waals surface area contributed by atoms with E-state index in [0.29, 0.717) is 0 Å². The Balaban J connectivity index is 2.14. The molecule has 0 saturated heterocycles. The molecule has 3 rings (SSSR count). The number of aromatic amines is 1. The van der Waals surface area contributed by atoms with E-state index in [1.165, 1.54) is 0 Å². The molecule has 21 heavy (non-hydrogen) atoms. The van der Waals surface area contributed by atoms with Gasteiger partial charge in [0.15, 0.2) is 0 Å². The molecule has 0 bridgehead atoms. The number of aromatic hydroxyl groups is 1. The zero-order valence-electron chi connectivity index (χ0n) is 11.2. The summed E-state index contributed by atoms with van der Waals surface area (Å²) in [4.78, 5) is 13.8. The number of hydrogen-bond donors (Lipinski definition) is 2. The second-order valence-corrected chi connectivity index (χ2v) is 4.95. The first kappa shape index (κ1) is 13.2. The molecule has 0 aliphatic rings. The van der Waals surface area contributed by atoms with Crippen molar-refractivity contribution < 1.29 is 10.0 Å². The molecule has 3 aromatic rings. The number of phenolic OH excluding ortho intramolecular Hbond substituents is 1. The van der Waals surface area contributed by atoms with Crippen molar-refractivity contribution in [2.75, 3.05) is 6.54 Å². The monoisotopic (exact) mass is 282 g/mol. The van der Waals surface area contributed by atoms with E-state index >= 15 is 0 Å². The molecule has 1 unspecified atom stereocenters. The molecule has 0 aliphatic heterocycles. The fourth-order valence-corrected chi connectivity index (χ4v) is 2.64. The largest absolute Gasteiger partial charge is 0.508 e. The molecule has 1 aromatic heterocycles. The third-order valence-electron chi connectivity index (χ3n) is 3.61. The lowest BCUT2D eigenvalue weighted by atomic mass is 9.91. The average molecular weight is 282 g/mol. The fourth-order valence-electron chi connectivity index (χ4n) is 2.64. The van der Waals surface area contributed by atoms with Crippen molar-refractivity contribution in [3.63, 3.8) is 0 Å². The van der Waals surface area contributed by atoms with Crippen molar-refractivity contribution in [3.05, 3.63) is 76.0 Å². The Morgan fingerprint density at radius 3 is 2.67 bits per heavy atom. The van der Waals surface area contributed by atoms with E-state index in [2.05, 4.69) is 4.98 Å². The molecule has 2 N–H and O–H groups in total. The van der Waals surface area contributed by atoms with E-state index in [9.17, 15) is 15.2 Å². The van der Waals surface area contributed by atoms with Gasteiger partial charge < -0.3 is 10.1 Å². The third-order valence-corrected chi connectivity index (χ3v) is 3.61. The van der Waals surface area contributed by atoms with E-state index in [1.807, 2.05) is 30.3 Å². The summed E-state index contributed by atoms with van der Waals surface area (Å²) in [5.74, 6) is -0.201. The summed E-state index contributed by atoms with van der Waals surface area (Å²) in [5, 5.41) is 21.5. The Bertz CT molecular complexity index is 781. The number of nitro groups is 1. The summed E-state index contributed by atoms with van der Waals surface area (Å²) >= 11 is 0. The van der Waals surface area contributed by atoms with Gasteiger partial charge in [-0.25, -0.2) is 0 Å². The van der Waals surface area contributed by atoms with E-state index in [4.69, 9.17) is 0 Å². The summed E-state index contributed by atoms with van der Waals surface area (Å²) in [5.41, 5.74) is 2.56. The smallest absolute Gasteiger partial charge is 0.214 e. The Morgan fingerprint density at radius 2 is 1.95 bits per heavy atom. The average Bonchev–Trinajstić information content (AvgIpc) is 2.88. The topological polar surface area (TPSA) is 79.2 Å². The maximum absolute atomic E-state index is 11.0. The van der Waals surface area contributed by atoms with Crippen LogP contribution in [-0.4, -0.2) is 21.6 Å². The van der Waals surface area contributed by atoms with Crippen molar-refractivity contribution in [2.24, 2.45) is 0 Å². The van der Waals surface area contributed by atoms with Gasteiger partial charge in [0.25, 0.3) is 0 Å². The van der Waals surface area contributed by atoms with Crippen LogP contribution in [0.2, 0.25) is 0 Å². The Labute approximate surface area is 121 Å². The number of hydrogen-bond acceptors (Lipinski definition) is 3. The van der Waals surface area contributed by atoms with Crippen LogP contribution in [0.25, 0.3) is 10.9 Å². The quantitative estimate of drug-likeness (QED) is 0.569. The highest BCUT2D eigenvalue weighted by atomic mass is 16.6. The molecule has 2 aromatic carbocycles. The number of aromatic nitrogens is 1. The number of phenols is 1. The maximum Gasteiger partial charge on any atom is 0.214 e. The van der Waals surface area contributed by atoms with Crippen LogP contribution >= 0.6 is 0 Å². The zero-order chi connectivity index (χ0) is 14.8. The summed E-state index contributed by atoms with van der Waals surface area (Å²) in [6, 6.07) is 14.4. The number of nitrogens with one attached hydrogen (secondary N) is 1. The molecule has 0 amide bonds. The third kappa shape index (κ3) is 2.58. The van der Waals surface area contributed by atoms with Crippen molar-refractivity contribution in [1.29, 1.82) is 0 Å². The number of H-pyrrole nitrogens is 1. The summed E-state index contributed by atoms with van der Waals surface area (Å²) in [6.45, 7) is -0.188. The summed E-state index contributed by atoms with van der Waals surface area (Å²) in [6.07, 6.45) is 1.78. The molecule has 0 radical (unpaired) electrons. The van der Waals surface area contributed by atoms with Crippen LogP contribution in [0, 0.1) is 10.1 Å². The second kappa shape index (κ2) is 5.28. The molecule has 1 atom stereocenters. The van der Waals surface area contributed by atoms with E-state index in [-0.39, 0.29) is 23.1 Å². The van der Waals surface area contributed by atoms with Gasteiger partial charge in [-0.3, -0.25) is 10.1 Å². The van der Waals surface area contributed by atoms with Gasteiger partial charge in [0, 0.05) is 22.0 Å². The molecule has 1 heterocycles. The molecular weight excluding hydrogens is 268 g/mol. The van der Waals surface area contributed by atoms with Crippen molar-refractivity contribution in [1.82, 2.24) is 4.98 Å². The van der Waals surface area contributed by atoms with E-state index in [1.54, 1.807) is 24.4 Å². The van der Waals surface area contributed by atoms with Gasteiger partial charge >= 0.3 is 0 Å². The molecule has 0 fully saturated rings. The van der Waals surface area contributed by atoms with Gasteiger partial charge in [-0.2, -0.15) is 0 Å². The van der Waals surface area contributed by atoms with E-state index in [0.717, 1.165) is 22.0 Å². The normalized spacial score (nSPS) is 12.4. The minimum atomic E-state index is -0.350. The van der Waals surface area contributed by atoms with Crippen molar-refractivity contribution in [3.8, 4) is 5.75 Å². The van der Waals surface area contributed by atoms with Gasteiger partial charge in [-0.1, -0.05) is 30.3 Å². The minimum absolute atomic E-state index is 0.149. The minimum Gasteiger partial charge on any atom is -0.508 e. The Hall–Kier alpha value is -2.82. The van der Waals surface area contributed by atoms with Crippen molar-refractivity contribution >= 4 is 10.9 Å². The standard InChI is InChI=1S/C16H14N2O3/c19-12-6-7-16-13(8-12)14(9-17-16)15(10-18(20)21)11-4-2-1-3-5-11/h1-9,15,17,19H,10H2. The van der Waals surface area contributed by atoms with Crippen LogP contribution < -0.4 is 0 Å². The first-order valence-corrected chi connectivity index (χ1v) is 6.62. The molecule has 5 nitrogen and oxygen atoms in total. The highest BCUT2D eigenvalue weighted by Gasteiger charge is 2.23. The maximum atomic E-state index is 11.0. The summed E-state index contributed by atoms with van der Waals surface area (Å²) < 4.78 is 0. The number of fused-ring (bicyclic) bond motifs is 1. The Kier molecular flexibility index (Phi) is 3.31. The molecule has 0 aliphatic carbocycles. The summed E-state index contributed by atoms with van der Waals surface area (Å²) in [7, 11) is 0. The molecule has 5 heteroatoms. The SMILES string of the molecule is O=[N+]([O-])CC(c1ccccc1)c1c[nH]c2ccc(O)cc12. The predicted molar refractivity (Wildman–Crippen MR) is 80.1 cm³/mol. The van der Waals surface area contributed by atoms with Crippen molar-refractivity contribution in [2.45, 2.75) is 5.92 Å². The van der Waals surface area contributed by atoms with Gasteiger partial charge in [-0.15, -0.1) is 0 Å². The highest BCUT2D eigenvalue weighted by Crippen LogP contribution is 2.32. The van der Waals surface area contributed by atoms with Gasteiger partial charge in [-0.05, 0) is 29.3 Å². The van der Waals surface area contributed by atoms with Gasteiger partial charge in [0.2, 0.25) is 6.54 Å². The van der Waals surface area contributed by atoms with Crippen LogP contribution in [0.5, 0.6) is 5.75 Å². The number of benzene rings is 2. The van der Waals surface area contributed by atoms with Crippen LogP contribution in [0.4, 0.5) is 0 Å². The Morgan fingerprint density at radius 1 is 1.19 bits per heavy atom. The van der Waals surface area contributed by atoms with Crippen LogP contribution in [0.1, 0.15) is 17.0 Å². The van der Waals surface area contributed by atoms with Gasteiger partial charge in [0.05, 0.1) is 5.92 Å². The first-order chi connectivity index (χ1) is 10.1.